The molecular formula is C26H29ClFNO2. The summed E-state index contributed by atoms with van der Waals surface area (Å²) < 4.78 is 25.0. The molecule has 0 aliphatic rings. The molecule has 0 fully saturated rings. The van der Waals surface area contributed by atoms with E-state index in [4.69, 9.17) is 21.1 Å². The Bertz CT molecular complexity index is 965. The Labute approximate surface area is 189 Å². The lowest BCUT2D eigenvalue weighted by atomic mass is 10.0. The molecule has 0 aliphatic heterocycles. The molecule has 3 nitrogen and oxygen atoms in total. The summed E-state index contributed by atoms with van der Waals surface area (Å²) in [6.45, 7) is 5.64. The fourth-order valence-electron chi connectivity index (χ4n) is 3.45. The van der Waals surface area contributed by atoms with Crippen molar-refractivity contribution in [1.82, 2.24) is 5.32 Å². The van der Waals surface area contributed by atoms with Gasteiger partial charge in [-0.25, -0.2) is 4.39 Å². The number of hydrogen-bond acceptors (Lipinski definition) is 3. The summed E-state index contributed by atoms with van der Waals surface area (Å²) >= 11 is 6.11. The van der Waals surface area contributed by atoms with Gasteiger partial charge in [-0.05, 0) is 48.7 Å². The van der Waals surface area contributed by atoms with E-state index in [-0.39, 0.29) is 12.4 Å². The van der Waals surface area contributed by atoms with Crippen LogP contribution < -0.4 is 14.8 Å². The van der Waals surface area contributed by atoms with Gasteiger partial charge >= 0.3 is 0 Å². The molecule has 0 heterocycles. The summed E-state index contributed by atoms with van der Waals surface area (Å²) in [7, 11) is 0. The topological polar surface area (TPSA) is 30.5 Å². The Balaban J connectivity index is 1.68. The zero-order chi connectivity index (χ0) is 22.1. The van der Waals surface area contributed by atoms with Crippen molar-refractivity contribution in [3.63, 3.8) is 0 Å². The van der Waals surface area contributed by atoms with Gasteiger partial charge in [0.25, 0.3) is 0 Å². The largest absolute Gasteiger partial charge is 0.490 e. The fourth-order valence-corrected chi connectivity index (χ4v) is 3.67. The van der Waals surface area contributed by atoms with Crippen molar-refractivity contribution in [3.05, 3.63) is 94.3 Å². The first kappa shape index (κ1) is 23.1. The van der Waals surface area contributed by atoms with Crippen LogP contribution in [-0.4, -0.2) is 6.61 Å². The van der Waals surface area contributed by atoms with Gasteiger partial charge < -0.3 is 14.8 Å². The van der Waals surface area contributed by atoms with Gasteiger partial charge in [0.15, 0.2) is 11.5 Å². The molecule has 3 rings (SSSR count). The summed E-state index contributed by atoms with van der Waals surface area (Å²) in [5.41, 5.74) is 3.14. The third-order valence-corrected chi connectivity index (χ3v) is 5.39. The molecule has 0 aliphatic carbocycles. The standard InChI is InChI=1S/C26H29ClFNO2/c1-3-8-24(20-9-6-5-7-10-20)29-17-19-11-14-25(26(15-19)30-4-2)31-18-21-12-13-22(28)16-23(21)27/h5-7,9-16,24,29H,3-4,8,17-18H2,1-2H3. The van der Waals surface area contributed by atoms with Crippen molar-refractivity contribution in [3.8, 4) is 11.5 Å². The SMILES string of the molecule is CCCC(NCc1ccc(OCc2ccc(F)cc2Cl)c(OCC)c1)c1ccccc1. The monoisotopic (exact) mass is 441 g/mol. The second kappa shape index (κ2) is 11.7. The molecule has 3 aromatic carbocycles. The van der Waals surface area contributed by atoms with Crippen LogP contribution in [0.5, 0.6) is 11.5 Å². The number of hydrogen-bond donors (Lipinski definition) is 1. The highest BCUT2D eigenvalue weighted by molar-refractivity contribution is 6.31. The van der Waals surface area contributed by atoms with E-state index in [9.17, 15) is 4.39 Å². The van der Waals surface area contributed by atoms with Gasteiger partial charge in [0.2, 0.25) is 0 Å². The highest BCUT2D eigenvalue weighted by Gasteiger charge is 2.12. The fraction of sp³-hybridized carbons (Fsp3) is 0.308. The van der Waals surface area contributed by atoms with Gasteiger partial charge in [-0.2, -0.15) is 0 Å². The third-order valence-electron chi connectivity index (χ3n) is 5.04. The van der Waals surface area contributed by atoms with Crippen molar-refractivity contribution in [2.45, 2.75) is 45.9 Å². The van der Waals surface area contributed by atoms with E-state index in [1.807, 2.05) is 31.2 Å². The van der Waals surface area contributed by atoms with Gasteiger partial charge in [-0.1, -0.05) is 67.4 Å². The first-order chi connectivity index (χ1) is 15.1. The van der Waals surface area contributed by atoms with Crippen LogP contribution in [0.15, 0.2) is 66.7 Å². The van der Waals surface area contributed by atoms with E-state index in [0.717, 1.165) is 30.5 Å². The number of nitrogens with one attached hydrogen (secondary N) is 1. The molecule has 3 aromatic rings. The quantitative estimate of drug-likeness (QED) is 0.344. The Hall–Kier alpha value is -2.56. The third kappa shape index (κ3) is 6.71. The second-order valence-corrected chi connectivity index (χ2v) is 7.78. The van der Waals surface area contributed by atoms with Crippen LogP contribution in [0.4, 0.5) is 4.39 Å². The Morgan fingerprint density at radius 2 is 1.74 bits per heavy atom. The van der Waals surface area contributed by atoms with Crippen LogP contribution in [0.25, 0.3) is 0 Å². The zero-order valence-corrected chi connectivity index (χ0v) is 18.8. The van der Waals surface area contributed by atoms with E-state index in [2.05, 4.69) is 36.5 Å². The molecule has 0 spiro atoms. The average molecular weight is 442 g/mol. The molecule has 1 unspecified atom stereocenters. The van der Waals surface area contributed by atoms with Crippen molar-refractivity contribution in [2.75, 3.05) is 6.61 Å². The summed E-state index contributed by atoms with van der Waals surface area (Å²) in [6, 6.07) is 21.1. The molecular weight excluding hydrogens is 413 g/mol. The molecule has 5 heteroatoms. The van der Waals surface area contributed by atoms with Crippen molar-refractivity contribution in [2.24, 2.45) is 0 Å². The van der Waals surface area contributed by atoms with Crippen molar-refractivity contribution in [1.29, 1.82) is 0 Å². The smallest absolute Gasteiger partial charge is 0.161 e. The molecule has 0 aromatic heterocycles. The summed E-state index contributed by atoms with van der Waals surface area (Å²) in [6.07, 6.45) is 2.18. The van der Waals surface area contributed by atoms with Gasteiger partial charge in [0, 0.05) is 18.2 Å². The minimum Gasteiger partial charge on any atom is -0.490 e. The second-order valence-electron chi connectivity index (χ2n) is 7.37. The van der Waals surface area contributed by atoms with Crippen LogP contribution >= 0.6 is 11.6 Å². The Kier molecular flexibility index (Phi) is 8.74. The normalized spacial score (nSPS) is 11.9. The summed E-state index contributed by atoms with van der Waals surface area (Å²) in [4.78, 5) is 0. The van der Waals surface area contributed by atoms with Gasteiger partial charge in [-0.3, -0.25) is 0 Å². The molecule has 31 heavy (non-hydrogen) atoms. The predicted molar refractivity (Wildman–Crippen MR) is 124 cm³/mol. The van der Waals surface area contributed by atoms with Crippen LogP contribution in [0.3, 0.4) is 0 Å². The lowest BCUT2D eigenvalue weighted by Crippen LogP contribution is -2.20. The van der Waals surface area contributed by atoms with E-state index < -0.39 is 0 Å². The number of halogens is 2. The highest BCUT2D eigenvalue weighted by Crippen LogP contribution is 2.30. The van der Waals surface area contributed by atoms with E-state index >= 15 is 0 Å². The van der Waals surface area contributed by atoms with Crippen molar-refractivity contribution >= 4 is 11.6 Å². The first-order valence-corrected chi connectivity index (χ1v) is 11.1. The van der Waals surface area contributed by atoms with E-state index in [0.29, 0.717) is 29.2 Å². The molecule has 0 saturated carbocycles. The number of benzene rings is 3. The molecule has 1 atom stereocenters. The zero-order valence-electron chi connectivity index (χ0n) is 18.0. The average Bonchev–Trinajstić information content (AvgIpc) is 2.78. The van der Waals surface area contributed by atoms with Crippen LogP contribution in [0.1, 0.15) is 49.4 Å². The molecule has 0 radical (unpaired) electrons. The molecule has 164 valence electrons. The summed E-state index contributed by atoms with van der Waals surface area (Å²) in [5.74, 6) is 0.962. The van der Waals surface area contributed by atoms with Crippen molar-refractivity contribution < 1.29 is 13.9 Å². The first-order valence-electron chi connectivity index (χ1n) is 10.7. The van der Waals surface area contributed by atoms with Crippen LogP contribution in [0.2, 0.25) is 5.02 Å². The lowest BCUT2D eigenvalue weighted by Gasteiger charge is -2.19. The maximum Gasteiger partial charge on any atom is 0.161 e. The highest BCUT2D eigenvalue weighted by atomic mass is 35.5. The predicted octanol–water partition coefficient (Wildman–Crippen LogP) is 7.09. The summed E-state index contributed by atoms with van der Waals surface area (Å²) in [5, 5.41) is 4.01. The Morgan fingerprint density at radius 3 is 2.45 bits per heavy atom. The number of rotatable bonds is 11. The molecule has 0 saturated heterocycles. The van der Waals surface area contributed by atoms with E-state index in [1.54, 1.807) is 6.07 Å². The van der Waals surface area contributed by atoms with E-state index in [1.165, 1.54) is 17.7 Å². The van der Waals surface area contributed by atoms with Gasteiger partial charge in [0.05, 0.1) is 11.6 Å². The lowest BCUT2D eigenvalue weighted by molar-refractivity contribution is 0.269. The maximum absolute atomic E-state index is 13.3. The van der Waals surface area contributed by atoms with Gasteiger partial charge in [-0.15, -0.1) is 0 Å². The minimum absolute atomic E-state index is 0.239. The molecule has 1 N–H and O–H groups in total. The molecule has 0 bridgehead atoms. The number of ether oxygens (including phenoxy) is 2. The molecule has 0 amide bonds. The van der Waals surface area contributed by atoms with Crippen LogP contribution in [0, 0.1) is 5.82 Å². The minimum atomic E-state index is -0.363. The maximum atomic E-state index is 13.3. The van der Waals surface area contributed by atoms with Crippen LogP contribution in [-0.2, 0) is 13.2 Å². The van der Waals surface area contributed by atoms with Gasteiger partial charge in [0.1, 0.15) is 12.4 Å². The Morgan fingerprint density at radius 1 is 0.935 bits per heavy atom.